The zero-order chi connectivity index (χ0) is 13.0. The van der Waals surface area contributed by atoms with Crippen molar-refractivity contribution in [3.8, 4) is 10.6 Å². The molecule has 0 unspecified atom stereocenters. The van der Waals surface area contributed by atoms with E-state index in [2.05, 4.69) is 15.5 Å². The Bertz CT molecular complexity index is 525. The van der Waals surface area contributed by atoms with Crippen LogP contribution in [0.5, 0.6) is 0 Å². The van der Waals surface area contributed by atoms with Crippen LogP contribution in [0.2, 0.25) is 5.02 Å². The minimum atomic E-state index is 0.774. The van der Waals surface area contributed by atoms with Gasteiger partial charge in [0.25, 0.3) is 0 Å². The monoisotopic (exact) mass is 281 g/mol. The van der Waals surface area contributed by atoms with Gasteiger partial charge in [0.05, 0.1) is 5.02 Å². The van der Waals surface area contributed by atoms with Crippen LogP contribution in [0.3, 0.4) is 0 Å². The Hall–Kier alpha value is -0.970. The van der Waals surface area contributed by atoms with Crippen LogP contribution < -0.4 is 5.32 Å². The van der Waals surface area contributed by atoms with Crippen LogP contribution in [0.15, 0.2) is 18.2 Å². The maximum atomic E-state index is 6.29. The lowest BCUT2D eigenvalue weighted by molar-refractivity contribution is 0.718. The maximum absolute atomic E-state index is 6.29. The molecule has 0 spiro atoms. The van der Waals surface area contributed by atoms with Crippen LogP contribution >= 0.6 is 22.9 Å². The van der Waals surface area contributed by atoms with Gasteiger partial charge in [-0.3, -0.25) is 0 Å². The van der Waals surface area contributed by atoms with Crippen molar-refractivity contribution in [3.05, 3.63) is 33.8 Å². The second-order valence-corrected chi connectivity index (χ2v) is 5.58. The van der Waals surface area contributed by atoms with E-state index in [1.165, 1.54) is 0 Å². The standard InChI is InChI=1S/C13H16ClN3S/c1-9-5-3-6-10(12(9)14)13-17-16-11(18-13)7-4-8-15-2/h3,5-6,15H,4,7-8H2,1-2H3. The molecule has 0 radical (unpaired) electrons. The van der Waals surface area contributed by atoms with Gasteiger partial charge in [-0.25, -0.2) is 0 Å². The van der Waals surface area contributed by atoms with E-state index >= 15 is 0 Å². The molecule has 0 aliphatic carbocycles. The largest absolute Gasteiger partial charge is 0.320 e. The zero-order valence-electron chi connectivity index (χ0n) is 10.5. The molecule has 2 rings (SSSR count). The van der Waals surface area contributed by atoms with Gasteiger partial charge < -0.3 is 5.32 Å². The number of nitrogens with zero attached hydrogens (tertiary/aromatic N) is 2. The zero-order valence-corrected chi connectivity index (χ0v) is 12.1. The van der Waals surface area contributed by atoms with Crippen molar-refractivity contribution < 1.29 is 0 Å². The summed E-state index contributed by atoms with van der Waals surface area (Å²) in [6, 6.07) is 5.99. The average Bonchev–Trinajstić information content (AvgIpc) is 2.82. The van der Waals surface area contributed by atoms with Gasteiger partial charge in [0.1, 0.15) is 10.0 Å². The molecule has 0 atom stereocenters. The summed E-state index contributed by atoms with van der Waals surface area (Å²) in [4.78, 5) is 0. The Balaban J connectivity index is 2.16. The summed E-state index contributed by atoms with van der Waals surface area (Å²) >= 11 is 7.92. The van der Waals surface area contributed by atoms with Crippen LogP contribution in [-0.2, 0) is 6.42 Å². The molecule has 0 aliphatic rings. The van der Waals surface area contributed by atoms with Gasteiger partial charge in [0.2, 0.25) is 0 Å². The lowest BCUT2D eigenvalue weighted by Crippen LogP contribution is -2.08. The fraction of sp³-hybridized carbons (Fsp3) is 0.385. The molecule has 18 heavy (non-hydrogen) atoms. The number of hydrogen-bond donors (Lipinski definition) is 1. The van der Waals surface area contributed by atoms with Crippen molar-refractivity contribution in [1.29, 1.82) is 0 Å². The highest BCUT2D eigenvalue weighted by molar-refractivity contribution is 7.14. The predicted molar refractivity (Wildman–Crippen MR) is 77.3 cm³/mol. The highest BCUT2D eigenvalue weighted by Gasteiger charge is 2.11. The third kappa shape index (κ3) is 3.07. The summed E-state index contributed by atoms with van der Waals surface area (Å²) in [5, 5.41) is 14.3. The summed E-state index contributed by atoms with van der Waals surface area (Å²) in [5.74, 6) is 0. The van der Waals surface area contributed by atoms with Crippen LogP contribution in [-0.4, -0.2) is 23.8 Å². The van der Waals surface area contributed by atoms with E-state index in [1.54, 1.807) is 11.3 Å². The Kier molecular flexibility index (Phi) is 4.69. The molecule has 96 valence electrons. The topological polar surface area (TPSA) is 37.8 Å². The smallest absolute Gasteiger partial charge is 0.149 e. The molecule has 1 N–H and O–H groups in total. The second kappa shape index (κ2) is 6.27. The maximum Gasteiger partial charge on any atom is 0.149 e. The lowest BCUT2D eigenvalue weighted by Gasteiger charge is -2.02. The lowest BCUT2D eigenvalue weighted by atomic mass is 10.1. The van der Waals surface area contributed by atoms with Crippen molar-refractivity contribution >= 4 is 22.9 Å². The fourth-order valence-corrected chi connectivity index (χ4v) is 2.88. The number of hydrogen-bond acceptors (Lipinski definition) is 4. The number of aryl methyl sites for hydroxylation is 2. The molecule has 5 heteroatoms. The van der Waals surface area contributed by atoms with Crippen molar-refractivity contribution in [3.63, 3.8) is 0 Å². The Morgan fingerprint density at radius 1 is 1.33 bits per heavy atom. The normalized spacial score (nSPS) is 10.8. The minimum absolute atomic E-state index is 0.774. The van der Waals surface area contributed by atoms with Crippen LogP contribution in [0.1, 0.15) is 17.0 Å². The van der Waals surface area contributed by atoms with E-state index in [9.17, 15) is 0 Å². The summed E-state index contributed by atoms with van der Waals surface area (Å²) in [6.07, 6.45) is 2.04. The molecule has 0 bridgehead atoms. The second-order valence-electron chi connectivity index (χ2n) is 4.14. The SMILES string of the molecule is CNCCCc1nnc(-c2cccc(C)c2Cl)s1. The highest BCUT2D eigenvalue weighted by Crippen LogP contribution is 2.32. The molecule has 1 aromatic heterocycles. The van der Waals surface area contributed by atoms with E-state index < -0.39 is 0 Å². The van der Waals surface area contributed by atoms with E-state index in [4.69, 9.17) is 11.6 Å². The van der Waals surface area contributed by atoms with Crippen molar-refractivity contribution in [2.24, 2.45) is 0 Å². The summed E-state index contributed by atoms with van der Waals surface area (Å²) in [6.45, 7) is 3.00. The van der Waals surface area contributed by atoms with Crippen LogP contribution in [0, 0.1) is 6.92 Å². The van der Waals surface area contributed by atoms with E-state index in [1.807, 2.05) is 32.2 Å². The van der Waals surface area contributed by atoms with Crippen molar-refractivity contribution in [2.45, 2.75) is 19.8 Å². The van der Waals surface area contributed by atoms with Gasteiger partial charge >= 0.3 is 0 Å². The first kappa shape index (κ1) is 13.5. The molecule has 0 aliphatic heterocycles. The molecule has 1 heterocycles. The first-order valence-electron chi connectivity index (χ1n) is 5.95. The summed E-state index contributed by atoms with van der Waals surface area (Å²) < 4.78 is 0. The van der Waals surface area contributed by atoms with Gasteiger partial charge in [-0.15, -0.1) is 10.2 Å². The van der Waals surface area contributed by atoms with Gasteiger partial charge in [0.15, 0.2) is 0 Å². The molecular formula is C13H16ClN3S. The van der Waals surface area contributed by atoms with Gasteiger partial charge in [-0.2, -0.15) is 0 Å². The molecule has 0 fully saturated rings. The molecule has 0 saturated carbocycles. The number of halogens is 1. The number of benzene rings is 1. The summed E-state index contributed by atoms with van der Waals surface area (Å²) in [7, 11) is 1.96. The number of nitrogens with one attached hydrogen (secondary N) is 1. The third-order valence-electron chi connectivity index (χ3n) is 2.71. The number of rotatable bonds is 5. The molecule has 3 nitrogen and oxygen atoms in total. The quantitative estimate of drug-likeness (QED) is 0.855. The van der Waals surface area contributed by atoms with Gasteiger partial charge in [-0.05, 0) is 32.5 Å². The van der Waals surface area contributed by atoms with Gasteiger partial charge in [0, 0.05) is 12.0 Å². The van der Waals surface area contributed by atoms with E-state index in [-0.39, 0.29) is 0 Å². The molecule has 0 saturated heterocycles. The molecule has 1 aromatic carbocycles. The molecule has 0 amide bonds. The third-order valence-corrected chi connectivity index (χ3v) is 4.22. The average molecular weight is 282 g/mol. The molecule has 2 aromatic rings. The highest BCUT2D eigenvalue weighted by atomic mass is 35.5. The molecular weight excluding hydrogens is 266 g/mol. The van der Waals surface area contributed by atoms with Crippen LogP contribution in [0.25, 0.3) is 10.6 Å². The van der Waals surface area contributed by atoms with Crippen molar-refractivity contribution in [2.75, 3.05) is 13.6 Å². The van der Waals surface area contributed by atoms with E-state index in [0.717, 1.165) is 45.6 Å². The number of aromatic nitrogens is 2. The minimum Gasteiger partial charge on any atom is -0.320 e. The Labute approximate surface area is 116 Å². The van der Waals surface area contributed by atoms with Crippen molar-refractivity contribution in [1.82, 2.24) is 15.5 Å². The van der Waals surface area contributed by atoms with Crippen LogP contribution in [0.4, 0.5) is 0 Å². The predicted octanol–water partition coefficient (Wildman–Crippen LogP) is 3.32. The van der Waals surface area contributed by atoms with Gasteiger partial charge in [-0.1, -0.05) is 41.1 Å². The Morgan fingerprint density at radius 2 is 2.17 bits per heavy atom. The fourth-order valence-electron chi connectivity index (χ4n) is 1.69. The first-order chi connectivity index (χ1) is 8.72. The van der Waals surface area contributed by atoms with E-state index in [0.29, 0.717) is 0 Å². The first-order valence-corrected chi connectivity index (χ1v) is 7.14. The Morgan fingerprint density at radius 3 is 2.94 bits per heavy atom. The summed E-state index contributed by atoms with van der Waals surface area (Å²) in [5.41, 5.74) is 2.05.